The number of piperazine rings is 1. The van der Waals surface area contributed by atoms with Gasteiger partial charge < -0.3 is 24.3 Å². The van der Waals surface area contributed by atoms with E-state index in [1.807, 2.05) is 4.90 Å². The Morgan fingerprint density at radius 3 is 2.62 bits per heavy atom. The Labute approximate surface area is 169 Å². The number of nitrogens with zero attached hydrogens (tertiary/aromatic N) is 6. The molecule has 2 aliphatic rings. The van der Waals surface area contributed by atoms with E-state index in [9.17, 15) is 9.90 Å². The molecule has 0 amide bonds. The molecule has 1 atom stereocenters. The third-order valence-electron chi connectivity index (χ3n) is 6.07. The van der Waals surface area contributed by atoms with E-state index in [1.54, 1.807) is 6.92 Å². The molecule has 0 bridgehead atoms. The van der Waals surface area contributed by atoms with E-state index < -0.39 is 0 Å². The molecule has 2 N–H and O–H groups in total. The van der Waals surface area contributed by atoms with Gasteiger partial charge in [0.15, 0.2) is 11.5 Å². The van der Waals surface area contributed by atoms with Gasteiger partial charge in [-0.2, -0.15) is 4.98 Å². The maximum Gasteiger partial charge on any atom is 0.291 e. The first kappa shape index (κ1) is 19.8. The summed E-state index contributed by atoms with van der Waals surface area (Å²) in [5.74, 6) is 0.327. The van der Waals surface area contributed by atoms with Crippen LogP contribution in [0.3, 0.4) is 0 Å². The summed E-state index contributed by atoms with van der Waals surface area (Å²) in [6, 6.07) is 0.958. The Balaban J connectivity index is 1.52. The molecule has 10 nitrogen and oxygen atoms in total. The van der Waals surface area contributed by atoms with Gasteiger partial charge in [-0.05, 0) is 39.4 Å². The van der Waals surface area contributed by atoms with Gasteiger partial charge in [0, 0.05) is 38.6 Å². The summed E-state index contributed by atoms with van der Waals surface area (Å²) in [4.78, 5) is 26.5. The van der Waals surface area contributed by atoms with Gasteiger partial charge >= 0.3 is 0 Å². The number of hydrogen-bond acceptors (Lipinski definition) is 9. The minimum atomic E-state index is -0.365. The number of aromatic nitrogens is 4. The summed E-state index contributed by atoms with van der Waals surface area (Å²) in [6.07, 6.45) is 3.38. The standard InChI is InChI=1S/C19H29N7O3/c1-4-13-11-25(9-10-26(13)14-5-7-24(3)8-6-14)16-18(28)20-15(17(27)21-16)19-23-22-12(2)29-19/h13-14H,4-11H2,1-3H3,(H,20,28)(H,21,27). The van der Waals surface area contributed by atoms with Crippen LogP contribution in [0.15, 0.2) is 9.21 Å². The molecule has 29 heavy (non-hydrogen) atoms. The second kappa shape index (κ2) is 8.11. The number of H-pyrrole nitrogens is 1. The van der Waals surface area contributed by atoms with Gasteiger partial charge in [0.2, 0.25) is 11.8 Å². The predicted octanol–water partition coefficient (Wildman–Crippen LogP) is 0.829. The fraction of sp³-hybridized carbons (Fsp3) is 0.684. The molecule has 2 aromatic heterocycles. The molecule has 2 aromatic rings. The number of anilines is 1. The Bertz CT molecular complexity index is 903. The number of aromatic amines is 1. The first-order valence-corrected chi connectivity index (χ1v) is 10.3. The van der Waals surface area contributed by atoms with E-state index in [2.05, 4.69) is 43.9 Å². The molecule has 4 rings (SSSR count). The van der Waals surface area contributed by atoms with Crippen LogP contribution in [0.1, 0.15) is 32.1 Å². The lowest BCUT2D eigenvalue weighted by Crippen LogP contribution is -2.58. The number of hydrogen-bond donors (Lipinski definition) is 2. The van der Waals surface area contributed by atoms with Gasteiger partial charge in [0.1, 0.15) is 0 Å². The Kier molecular flexibility index (Phi) is 5.55. The molecule has 10 heteroatoms. The van der Waals surface area contributed by atoms with Crippen molar-refractivity contribution in [2.75, 3.05) is 44.7 Å². The number of piperidine rings is 1. The van der Waals surface area contributed by atoms with E-state index in [0.29, 0.717) is 24.5 Å². The van der Waals surface area contributed by atoms with Crippen LogP contribution < -0.4 is 10.5 Å². The Hall–Kier alpha value is -2.46. The molecule has 0 spiro atoms. The first-order valence-electron chi connectivity index (χ1n) is 10.3. The SMILES string of the molecule is CCC1CN(c2nc(O)c(-c3nnc(C)o3)[nH]c2=O)CCN1C1CCN(C)CC1. The number of nitrogens with one attached hydrogen (secondary N) is 1. The summed E-state index contributed by atoms with van der Waals surface area (Å²) in [5, 5.41) is 17.9. The maximum atomic E-state index is 12.7. The first-order chi connectivity index (χ1) is 14.0. The zero-order valence-corrected chi connectivity index (χ0v) is 17.3. The molecular weight excluding hydrogens is 374 g/mol. The third-order valence-corrected chi connectivity index (χ3v) is 6.07. The van der Waals surface area contributed by atoms with Crippen molar-refractivity contribution < 1.29 is 9.52 Å². The third kappa shape index (κ3) is 3.99. The summed E-state index contributed by atoms with van der Waals surface area (Å²) < 4.78 is 5.30. The van der Waals surface area contributed by atoms with Crippen molar-refractivity contribution in [2.24, 2.45) is 0 Å². The van der Waals surface area contributed by atoms with Crippen LogP contribution in [-0.4, -0.2) is 86.9 Å². The van der Waals surface area contributed by atoms with Crippen LogP contribution in [0.25, 0.3) is 11.6 Å². The minimum Gasteiger partial charge on any atom is -0.492 e. The quantitative estimate of drug-likeness (QED) is 0.766. The van der Waals surface area contributed by atoms with Crippen LogP contribution in [-0.2, 0) is 0 Å². The Morgan fingerprint density at radius 2 is 1.97 bits per heavy atom. The monoisotopic (exact) mass is 403 g/mol. The molecular formula is C19H29N7O3. The summed E-state index contributed by atoms with van der Waals surface area (Å²) in [5.41, 5.74) is -0.312. The smallest absolute Gasteiger partial charge is 0.291 e. The van der Waals surface area contributed by atoms with Gasteiger partial charge in [-0.25, -0.2) is 0 Å². The number of aryl methyl sites for hydroxylation is 1. The van der Waals surface area contributed by atoms with E-state index in [-0.39, 0.29) is 28.8 Å². The lowest BCUT2D eigenvalue weighted by atomic mass is 9.98. The molecule has 0 aromatic carbocycles. The van der Waals surface area contributed by atoms with Gasteiger partial charge in [0.05, 0.1) is 0 Å². The van der Waals surface area contributed by atoms with Crippen molar-refractivity contribution in [1.29, 1.82) is 0 Å². The van der Waals surface area contributed by atoms with Crippen molar-refractivity contribution in [3.8, 4) is 17.5 Å². The van der Waals surface area contributed by atoms with Crippen LogP contribution >= 0.6 is 0 Å². The molecule has 4 heterocycles. The summed E-state index contributed by atoms with van der Waals surface area (Å²) in [6.45, 7) is 8.41. The molecule has 1 unspecified atom stereocenters. The second-order valence-electron chi connectivity index (χ2n) is 7.99. The fourth-order valence-electron chi connectivity index (χ4n) is 4.43. The van der Waals surface area contributed by atoms with E-state index >= 15 is 0 Å². The molecule has 2 aliphatic heterocycles. The highest BCUT2D eigenvalue weighted by molar-refractivity contribution is 5.56. The normalized spacial score (nSPS) is 22.3. The molecule has 0 aliphatic carbocycles. The van der Waals surface area contributed by atoms with E-state index in [0.717, 1.165) is 32.6 Å². The molecule has 2 fully saturated rings. The number of rotatable bonds is 4. The summed E-state index contributed by atoms with van der Waals surface area (Å²) in [7, 11) is 2.18. The van der Waals surface area contributed by atoms with E-state index in [4.69, 9.17) is 4.42 Å². The highest BCUT2D eigenvalue weighted by atomic mass is 16.4. The molecule has 0 saturated carbocycles. The van der Waals surface area contributed by atoms with E-state index in [1.165, 1.54) is 12.8 Å². The second-order valence-corrected chi connectivity index (χ2v) is 7.99. The fourth-order valence-corrected chi connectivity index (χ4v) is 4.43. The summed E-state index contributed by atoms with van der Waals surface area (Å²) >= 11 is 0. The number of likely N-dealkylation sites (tertiary alicyclic amines) is 1. The van der Waals surface area contributed by atoms with Crippen molar-refractivity contribution in [3.63, 3.8) is 0 Å². The lowest BCUT2D eigenvalue weighted by molar-refractivity contribution is 0.0700. The molecule has 2 saturated heterocycles. The van der Waals surface area contributed by atoms with Crippen molar-refractivity contribution >= 4 is 5.82 Å². The zero-order chi connectivity index (χ0) is 20.5. The topological polar surface area (TPSA) is 115 Å². The van der Waals surface area contributed by atoms with Crippen molar-refractivity contribution in [2.45, 2.75) is 45.2 Å². The predicted molar refractivity (Wildman–Crippen MR) is 108 cm³/mol. The molecule has 158 valence electrons. The minimum absolute atomic E-state index is 0.0506. The van der Waals surface area contributed by atoms with Crippen LogP contribution in [0.5, 0.6) is 5.88 Å². The zero-order valence-electron chi connectivity index (χ0n) is 17.3. The highest BCUT2D eigenvalue weighted by Gasteiger charge is 2.34. The maximum absolute atomic E-state index is 12.7. The van der Waals surface area contributed by atoms with Crippen molar-refractivity contribution in [3.05, 3.63) is 16.2 Å². The average molecular weight is 403 g/mol. The van der Waals surface area contributed by atoms with Crippen LogP contribution in [0.4, 0.5) is 5.82 Å². The van der Waals surface area contributed by atoms with Gasteiger partial charge in [0.25, 0.3) is 11.4 Å². The van der Waals surface area contributed by atoms with Gasteiger partial charge in [-0.1, -0.05) is 6.92 Å². The van der Waals surface area contributed by atoms with Gasteiger partial charge in [-0.15, -0.1) is 10.2 Å². The van der Waals surface area contributed by atoms with Crippen molar-refractivity contribution in [1.82, 2.24) is 30.0 Å². The van der Waals surface area contributed by atoms with Crippen LogP contribution in [0, 0.1) is 6.92 Å². The highest BCUT2D eigenvalue weighted by Crippen LogP contribution is 2.27. The Morgan fingerprint density at radius 1 is 1.21 bits per heavy atom. The lowest BCUT2D eigenvalue weighted by Gasteiger charge is -2.47. The number of aromatic hydroxyl groups is 1. The largest absolute Gasteiger partial charge is 0.492 e. The van der Waals surface area contributed by atoms with Gasteiger partial charge in [-0.3, -0.25) is 9.69 Å². The average Bonchev–Trinajstić information content (AvgIpc) is 3.15. The van der Waals surface area contributed by atoms with Crippen LogP contribution in [0.2, 0.25) is 0 Å². The molecule has 0 radical (unpaired) electrons.